The van der Waals surface area contributed by atoms with Crippen molar-refractivity contribution in [2.24, 2.45) is 0 Å². The molecule has 1 aromatic carbocycles. The van der Waals surface area contributed by atoms with Gasteiger partial charge in [-0.3, -0.25) is 4.79 Å². The summed E-state index contributed by atoms with van der Waals surface area (Å²) in [5.41, 5.74) is 1.03. The summed E-state index contributed by atoms with van der Waals surface area (Å²) >= 11 is 0. The van der Waals surface area contributed by atoms with Crippen LogP contribution >= 0.6 is 0 Å². The van der Waals surface area contributed by atoms with E-state index in [4.69, 9.17) is 4.74 Å². The Morgan fingerprint density at radius 2 is 1.90 bits per heavy atom. The molecule has 0 saturated carbocycles. The zero-order valence-corrected chi connectivity index (χ0v) is 14.3. The van der Waals surface area contributed by atoms with Crippen LogP contribution in [0.2, 0.25) is 0 Å². The zero-order chi connectivity index (χ0) is 14.5. The quantitative estimate of drug-likeness (QED) is 0.459. The second-order valence-electron chi connectivity index (χ2n) is 5.42. The Labute approximate surface area is 144 Å². The first-order valence-corrected chi connectivity index (χ1v) is 6.38. The minimum Gasteiger partial charge on any atom is -0.543 e. The molecule has 1 atom stereocenters. The largest absolute Gasteiger partial charge is 1.00 e. The number of carboxylic acids is 1. The van der Waals surface area contributed by atoms with Gasteiger partial charge in [0.1, 0.15) is 5.75 Å². The molecule has 1 amide bonds. The maximum Gasteiger partial charge on any atom is 1.00 e. The van der Waals surface area contributed by atoms with Crippen LogP contribution in [0.3, 0.4) is 0 Å². The summed E-state index contributed by atoms with van der Waals surface area (Å²) in [5, 5.41) is 11.4. The van der Waals surface area contributed by atoms with Gasteiger partial charge in [-0.15, -0.1) is 0 Å². The molecule has 1 saturated heterocycles. The molecule has 0 aromatic heterocycles. The topological polar surface area (TPSA) is 69.7 Å². The van der Waals surface area contributed by atoms with Crippen molar-refractivity contribution in [1.82, 2.24) is 4.90 Å². The average molecular weight is 295 g/mol. The van der Waals surface area contributed by atoms with Crippen molar-refractivity contribution in [3.63, 3.8) is 0 Å². The van der Waals surface area contributed by atoms with Crippen molar-refractivity contribution in [1.29, 1.82) is 0 Å². The Hall–Kier alpha value is -1.30. The van der Waals surface area contributed by atoms with E-state index in [0.717, 1.165) is 5.56 Å². The molecule has 21 heavy (non-hydrogen) atoms. The van der Waals surface area contributed by atoms with Crippen LogP contribution in [0.15, 0.2) is 30.0 Å². The summed E-state index contributed by atoms with van der Waals surface area (Å²) in [7, 11) is 1.57. The first kappa shape index (κ1) is 16.1. The standard InChI is InChI=1S/C15H15NO4.Na/c1-15-7-11(9-3-5-10(20-2)6-4-9)13(14(18)19)16(15)12(17)8-15;/h3-6H,7-8H2,1-2H3,(H,18,19);/q;+1/p-1/t15-;/m1./s1. The monoisotopic (exact) mass is 295 g/mol. The molecule has 0 N–H and O–H groups in total. The summed E-state index contributed by atoms with van der Waals surface area (Å²) in [4.78, 5) is 24.5. The van der Waals surface area contributed by atoms with Crippen LogP contribution in [0.25, 0.3) is 5.57 Å². The first-order valence-electron chi connectivity index (χ1n) is 6.38. The summed E-state index contributed by atoms with van der Waals surface area (Å²) in [6, 6.07) is 7.15. The van der Waals surface area contributed by atoms with E-state index in [2.05, 4.69) is 0 Å². The van der Waals surface area contributed by atoms with E-state index in [0.29, 0.717) is 24.2 Å². The van der Waals surface area contributed by atoms with E-state index in [1.807, 2.05) is 6.92 Å². The smallest absolute Gasteiger partial charge is 0.543 e. The van der Waals surface area contributed by atoms with Crippen molar-refractivity contribution < 1.29 is 49.0 Å². The van der Waals surface area contributed by atoms with Gasteiger partial charge < -0.3 is 19.5 Å². The van der Waals surface area contributed by atoms with Gasteiger partial charge in [0.25, 0.3) is 0 Å². The summed E-state index contributed by atoms with van der Waals surface area (Å²) in [6.07, 6.45) is 0.915. The van der Waals surface area contributed by atoms with Gasteiger partial charge in [0, 0.05) is 0 Å². The van der Waals surface area contributed by atoms with Gasteiger partial charge in [-0.2, -0.15) is 0 Å². The van der Waals surface area contributed by atoms with E-state index in [1.54, 1.807) is 31.4 Å². The van der Waals surface area contributed by atoms with Gasteiger partial charge in [-0.1, -0.05) is 12.1 Å². The minimum absolute atomic E-state index is 0. The molecule has 2 heterocycles. The summed E-state index contributed by atoms with van der Waals surface area (Å²) < 4.78 is 5.09. The number of carbonyl (C=O) groups is 2. The van der Waals surface area contributed by atoms with Gasteiger partial charge in [-0.05, 0) is 36.6 Å². The Balaban J connectivity index is 0.00000161. The number of fused-ring (bicyclic) bond motifs is 1. The molecule has 0 radical (unpaired) electrons. The third kappa shape index (κ3) is 2.39. The van der Waals surface area contributed by atoms with E-state index in [1.165, 1.54) is 4.90 Å². The second-order valence-corrected chi connectivity index (χ2v) is 5.42. The molecule has 0 unspecified atom stereocenters. The van der Waals surface area contributed by atoms with Crippen LogP contribution in [0.1, 0.15) is 25.3 Å². The molecule has 2 aliphatic heterocycles. The number of nitrogens with zero attached hydrogens (tertiary/aromatic N) is 1. The van der Waals surface area contributed by atoms with Crippen molar-refractivity contribution in [3.8, 4) is 5.75 Å². The maximum atomic E-state index is 11.7. The third-order valence-corrected chi connectivity index (χ3v) is 4.02. The number of carboxylic acid groups (broad SMARTS) is 1. The van der Waals surface area contributed by atoms with Crippen LogP contribution < -0.4 is 39.4 Å². The fraction of sp³-hybridized carbons (Fsp3) is 0.333. The van der Waals surface area contributed by atoms with E-state index in [-0.39, 0.29) is 41.2 Å². The number of hydrogen-bond donors (Lipinski definition) is 0. The minimum atomic E-state index is -1.30. The maximum absolute atomic E-state index is 11.7. The molecule has 104 valence electrons. The number of benzene rings is 1. The van der Waals surface area contributed by atoms with E-state index in [9.17, 15) is 14.7 Å². The Morgan fingerprint density at radius 1 is 1.29 bits per heavy atom. The molecule has 3 rings (SSSR count). The fourth-order valence-corrected chi connectivity index (χ4v) is 3.07. The molecular formula is C15H14NNaO4. The van der Waals surface area contributed by atoms with Crippen LogP contribution in [-0.4, -0.2) is 29.4 Å². The van der Waals surface area contributed by atoms with Crippen LogP contribution in [0.4, 0.5) is 0 Å². The molecule has 0 bridgehead atoms. The molecule has 1 fully saturated rings. The zero-order valence-electron chi connectivity index (χ0n) is 12.3. The first-order chi connectivity index (χ1) is 9.46. The summed E-state index contributed by atoms with van der Waals surface area (Å²) in [5.74, 6) is -0.754. The van der Waals surface area contributed by atoms with Crippen LogP contribution in [0.5, 0.6) is 5.75 Å². The SMILES string of the molecule is COc1ccc(C2=C(C(=O)[O-])N3C(=O)C[C@@]3(C)C2)cc1.[Na+]. The molecule has 2 aliphatic rings. The third-order valence-electron chi connectivity index (χ3n) is 4.02. The number of amides is 1. The van der Waals surface area contributed by atoms with Gasteiger partial charge in [0.05, 0.1) is 30.7 Å². The predicted molar refractivity (Wildman–Crippen MR) is 69.4 cm³/mol. The van der Waals surface area contributed by atoms with Crippen molar-refractivity contribution in [2.75, 3.05) is 7.11 Å². The molecule has 5 nitrogen and oxygen atoms in total. The van der Waals surface area contributed by atoms with Gasteiger partial charge in [0.15, 0.2) is 0 Å². The van der Waals surface area contributed by atoms with Gasteiger partial charge in [-0.25, -0.2) is 0 Å². The number of methoxy groups -OCH3 is 1. The molecule has 0 aliphatic carbocycles. The van der Waals surface area contributed by atoms with Crippen LogP contribution in [-0.2, 0) is 9.59 Å². The number of aliphatic carboxylic acids is 1. The number of carbonyl (C=O) groups excluding carboxylic acids is 2. The predicted octanol–water partition coefficient (Wildman–Crippen LogP) is -2.45. The molecule has 0 spiro atoms. The number of hydrogen-bond acceptors (Lipinski definition) is 4. The number of β-lactam (4-membered cyclic amide) rings is 1. The Morgan fingerprint density at radius 3 is 2.38 bits per heavy atom. The normalized spacial score (nSPS) is 23.3. The second kappa shape index (κ2) is 5.48. The Bertz CT molecular complexity index is 638. The number of rotatable bonds is 3. The molecular weight excluding hydrogens is 281 g/mol. The van der Waals surface area contributed by atoms with E-state index < -0.39 is 11.5 Å². The van der Waals surface area contributed by atoms with Crippen molar-refractivity contribution >= 4 is 17.4 Å². The van der Waals surface area contributed by atoms with Crippen molar-refractivity contribution in [2.45, 2.75) is 25.3 Å². The Kier molecular flexibility index (Phi) is 4.19. The van der Waals surface area contributed by atoms with E-state index >= 15 is 0 Å². The molecule has 1 aromatic rings. The van der Waals surface area contributed by atoms with Crippen LogP contribution in [0, 0.1) is 0 Å². The number of ether oxygens (including phenoxy) is 1. The van der Waals surface area contributed by atoms with Gasteiger partial charge >= 0.3 is 29.6 Å². The fourth-order valence-electron chi connectivity index (χ4n) is 3.07. The van der Waals surface area contributed by atoms with Gasteiger partial charge in [0.2, 0.25) is 5.91 Å². The average Bonchev–Trinajstić information content (AvgIpc) is 2.67. The molecule has 6 heteroatoms. The van der Waals surface area contributed by atoms with Crippen molar-refractivity contribution in [3.05, 3.63) is 35.5 Å². The summed E-state index contributed by atoms with van der Waals surface area (Å²) in [6.45, 7) is 1.90.